The van der Waals surface area contributed by atoms with Gasteiger partial charge in [-0.25, -0.2) is 4.98 Å². The summed E-state index contributed by atoms with van der Waals surface area (Å²) in [5, 5.41) is 13.6. The molecule has 0 bridgehead atoms. The molecule has 5 heteroatoms. The van der Waals surface area contributed by atoms with Gasteiger partial charge in [0.05, 0.1) is 17.2 Å². The summed E-state index contributed by atoms with van der Waals surface area (Å²) >= 11 is 0. The van der Waals surface area contributed by atoms with Crippen molar-refractivity contribution in [3.05, 3.63) is 23.9 Å². The smallest absolute Gasteiger partial charge is 0.255 e. The van der Waals surface area contributed by atoms with Gasteiger partial charge in [-0.05, 0) is 45.2 Å². The van der Waals surface area contributed by atoms with Crippen LogP contribution in [0.3, 0.4) is 0 Å². The molecule has 5 nitrogen and oxygen atoms in total. The molecule has 1 saturated carbocycles. The van der Waals surface area contributed by atoms with Crippen LogP contribution in [0.25, 0.3) is 0 Å². The minimum Gasteiger partial charge on any atom is -0.391 e. The van der Waals surface area contributed by atoms with Crippen LogP contribution in [0.2, 0.25) is 0 Å². The second-order valence-corrected chi connectivity index (χ2v) is 6.80. The van der Waals surface area contributed by atoms with E-state index in [1.165, 1.54) is 0 Å². The zero-order valence-electron chi connectivity index (χ0n) is 13.4. The van der Waals surface area contributed by atoms with Crippen LogP contribution in [0, 0.1) is 0 Å². The minimum atomic E-state index is -0.381. The molecule has 1 amide bonds. The lowest BCUT2D eigenvalue weighted by Gasteiger charge is -2.37. The van der Waals surface area contributed by atoms with Crippen molar-refractivity contribution in [1.82, 2.24) is 9.88 Å². The molecular formula is C17H25N3O2. The Morgan fingerprint density at radius 3 is 2.73 bits per heavy atom. The normalized spacial score (nSPS) is 23.5. The summed E-state index contributed by atoms with van der Waals surface area (Å²) < 4.78 is 0. The molecule has 1 saturated heterocycles. The zero-order valence-corrected chi connectivity index (χ0v) is 13.4. The van der Waals surface area contributed by atoms with Gasteiger partial charge in [-0.2, -0.15) is 0 Å². The molecule has 0 radical (unpaired) electrons. The molecule has 22 heavy (non-hydrogen) atoms. The van der Waals surface area contributed by atoms with E-state index in [1.54, 1.807) is 6.20 Å². The standard InChI is InChI=1S/C17H25N3O2/c1-12(2)19-15-6-5-13(11-18-15)16(22)20-10-7-14(21)17(20)8-3-4-9-17/h5-6,11-12,14,21H,3-4,7-10H2,1-2H3,(H,18,19). The lowest BCUT2D eigenvalue weighted by Crippen LogP contribution is -2.50. The first-order chi connectivity index (χ1) is 10.5. The van der Waals surface area contributed by atoms with Gasteiger partial charge in [0.15, 0.2) is 0 Å². The van der Waals surface area contributed by atoms with Crippen LogP contribution in [-0.2, 0) is 0 Å². The Balaban J connectivity index is 1.78. The fraction of sp³-hybridized carbons (Fsp3) is 0.647. The van der Waals surface area contributed by atoms with Crippen LogP contribution in [0.1, 0.15) is 56.3 Å². The highest BCUT2D eigenvalue weighted by molar-refractivity contribution is 5.95. The molecule has 3 rings (SSSR count). The van der Waals surface area contributed by atoms with Crippen LogP contribution >= 0.6 is 0 Å². The van der Waals surface area contributed by atoms with E-state index in [2.05, 4.69) is 24.1 Å². The number of aromatic nitrogens is 1. The highest BCUT2D eigenvalue weighted by Crippen LogP contribution is 2.43. The molecule has 2 N–H and O–H groups in total. The lowest BCUT2D eigenvalue weighted by atomic mass is 9.91. The van der Waals surface area contributed by atoms with Gasteiger partial charge in [0.2, 0.25) is 0 Å². The summed E-state index contributed by atoms with van der Waals surface area (Å²) in [7, 11) is 0. The first-order valence-electron chi connectivity index (χ1n) is 8.25. The second kappa shape index (κ2) is 5.88. The third-order valence-corrected chi connectivity index (χ3v) is 4.95. The van der Waals surface area contributed by atoms with E-state index in [9.17, 15) is 9.90 Å². The van der Waals surface area contributed by atoms with E-state index in [0.717, 1.165) is 31.5 Å². The fourth-order valence-corrected chi connectivity index (χ4v) is 3.87. The molecule has 120 valence electrons. The van der Waals surface area contributed by atoms with Crippen LogP contribution < -0.4 is 5.32 Å². The quantitative estimate of drug-likeness (QED) is 0.900. The number of hydrogen-bond acceptors (Lipinski definition) is 4. The van der Waals surface area contributed by atoms with Crippen molar-refractivity contribution in [3.63, 3.8) is 0 Å². The summed E-state index contributed by atoms with van der Waals surface area (Å²) in [5.41, 5.74) is 0.279. The first kappa shape index (κ1) is 15.3. The summed E-state index contributed by atoms with van der Waals surface area (Å²) in [4.78, 5) is 19.1. The summed E-state index contributed by atoms with van der Waals surface area (Å²) in [5.74, 6) is 0.783. The Bertz CT molecular complexity index is 535. The van der Waals surface area contributed by atoms with Crippen molar-refractivity contribution >= 4 is 11.7 Å². The molecule has 1 aromatic heterocycles. The van der Waals surface area contributed by atoms with Crippen molar-refractivity contribution in [3.8, 4) is 0 Å². The maximum absolute atomic E-state index is 12.8. The molecule has 1 atom stereocenters. The van der Waals surface area contributed by atoms with Gasteiger partial charge in [0, 0.05) is 18.8 Å². The van der Waals surface area contributed by atoms with Gasteiger partial charge in [-0.1, -0.05) is 12.8 Å². The predicted molar refractivity (Wildman–Crippen MR) is 85.9 cm³/mol. The number of nitrogens with zero attached hydrogens (tertiary/aromatic N) is 2. The Labute approximate surface area is 131 Å². The van der Waals surface area contributed by atoms with E-state index in [4.69, 9.17) is 0 Å². The molecule has 2 heterocycles. The minimum absolute atomic E-state index is 0.00190. The predicted octanol–water partition coefficient (Wildman–Crippen LogP) is 2.42. The molecule has 1 spiro atoms. The number of anilines is 1. The maximum atomic E-state index is 12.8. The van der Waals surface area contributed by atoms with Gasteiger partial charge in [0.1, 0.15) is 5.82 Å². The summed E-state index contributed by atoms with van der Waals surface area (Å²) in [6.07, 6.45) is 5.97. The lowest BCUT2D eigenvalue weighted by molar-refractivity contribution is 0.0260. The topological polar surface area (TPSA) is 65.5 Å². The van der Waals surface area contributed by atoms with Crippen LogP contribution in [0.5, 0.6) is 0 Å². The second-order valence-electron chi connectivity index (χ2n) is 6.80. The van der Waals surface area contributed by atoms with Crippen LogP contribution in [0.4, 0.5) is 5.82 Å². The number of aliphatic hydroxyl groups excluding tert-OH is 1. The van der Waals surface area contributed by atoms with Crippen LogP contribution in [0.15, 0.2) is 18.3 Å². The van der Waals surface area contributed by atoms with Crippen molar-refractivity contribution in [1.29, 1.82) is 0 Å². The Morgan fingerprint density at radius 1 is 1.41 bits per heavy atom. The molecular weight excluding hydrogens is 278 g/mol. The summed E-state index contributed by atoms with van der Waals surface area (Å²) in [6, 6.07) is 3.98. The van der Waals surface area contributed by atoms with Gasteiger partial charge in [-0.15, -0.1) is 0 Å². The number of nitrogens with one attached hydrogen (secondary N) is 1. The number of carbonyl (C=O) groups excluding carboxylic acids is 1. The number of pyridine rings is 1. The third kappa shape index (κ3) is 2.58. The highest BCUT2D eigenvalue weighted by atomic mass is 16.3. The number of likely N-dealkylation sites (tertiary alicyclic amines) is 1. The zero-order chi connectivity index (χ0) is 15.7. The van der Waals surface area contributed by atoms with Gasteiger partial charge < -0.3 is 15.3 Å². The van der Waals surface area contributed by atoms with Gasteiger partial charge >= 0.3 is 0 Å². The number of rotatable bonds is 3. The summed E-state index contributed by atoms with van der Waals surface area (Å²) in [6.45, 7) is 4.75. The average molecular weight is 303 g/mol. The first-order valence-corrected chi connectivity index (χ1v) is 8.25. The highest BCUT2D eigenvalue weighted by Gasteiger charge is 2.51. The van der Waals surface area contributed by atoms with Crippen molar-refractivity contribution in [2.24, 2.45) is 0 Å². The largest absolute Gasteiger partial charge is 0.391 e. The van der Waals surface area contributed by atoms with E-state index in [1.807, 2.05) is 17.0 Å². The molecule has 1 aromatic rings. The monoisotopic (exact) mass is 303 g/mol. The van der Waals surface area contributed by atoms with E-state index < -0.39 is 0 Å². The SMILES string of the molecule is CC(C)Nc1ccc(C(=O)N2CCC(O)C23CCCC3)cn1. The maximum Gasteiger partial charge on any atom is 0.255 e. The molecule has 1 aliphatic carbocycles. The molecule has 1 aliphatic heterocycles. The van der Waals surface area contributed by atoms with Crippen molar-refractivity contribution in [2.75, 3.05) is 11.9 Å². The van der Waals surface area contributed by atoms with Gasteiger partial charge in [-0.3, -0.25) is 4.79 Å². The molecule has 2 fully saturated rings. The number of amides is 1. The molecule has 0 aromatic carbocycles. The van der Waals surface area contributed by atoms with Crippen molar-refractivity contribution in [2.45, 2.75) is 63.6 Å². The van der Waals surface area contributed by atoms with Crippen molar-refractivity contribution < 1.29 is 9.90 Å². The number of hydrogen-bond donors (Lipinski definition) is 2. The van der Waals surface area contributed by atoms with E-state index in [0.29, 0.717) is 24.6 Å². The average Bonchev–Trinajstić information content (AvgIpc) is 3.09. The fourth-order valence-electron chi connectivity index (χ4n) is 3.87. The Kier molecular flexibility index (Phi) is 4.08. The number of aliphatic hydroxyl groups is 1. The van der Waals surface area contributed by atoms with E-state index in [-0.39, 0.29) is 17.6 Å². The third-order valence-electron chi connectivity index (χ3n) is 4.95. The Hall–Kier alpha value is -1.62. The van der Waals surface area contributed by atoms with Gasteiger partial charge in [0.25, 0.3) is 5.91 Å². The molecule has 2 aliphatic rings. The molecule has 1 unspecified atom stereocenters. The Morgan fingerprint density at radius 2 is 2.14 bits per heavy atom. The number of carbonyl (C=O) groups is 1. The van der Waals surface area contributed by atoms with E-state index >= 15 is 0 Å². The van der Waals surface area contributed by atoms with Crippen LogP contribution in [-0.4, -0.2) is 45.1 Å².